The van der Waals surface area contributed by atoms with Crippen molar-refractivity contribution in [2.45, 2.75) is 11.2 Å². The number of thiophene rings is 2. The Morgan fingerprint density at radius 3 is 2.80 bits per heavy atom. The van der Waals surface area contributed by atoms with Crippen LogP contribution in [0.5, 0.6) is 0 Å². The second-order valence-electron chi connectivity index (χ2n) is 4.54. The standard InChI is InChI=1S/C15H10BrNS3/c16-9(13-8-14-12(19-13)5-6-18-14)7-15-17-10-3-1-2-4-11(10)20-15/h1-6,8-9H,7H2. The molecule has 0 radical (unpaired) electrons. The van der Waals surface area contributed by atoms with Gasteiger partial charge >= 0.3 is 0 Å². The SMILES string of the molecule is BrC(Cc1nc2ccccc2s1)c1cc2sccc2s1. The third-order valence-electron chi connectivity index (χ3n) is 3.16. The van der Waals surface area contributed by atoms with Crippen LogP contribution in [0.4, 0.5) is 0 Å². The number of hydrogen-bond donors (Lipinski definition) is 0. The zero-order valence-electron chi connectivity index (χ0n) is 10.4. The van der Waals surface area contributed by atoms with Crippen molar-refractivity contribution in [1.29, 1.82) is 0 Å². The molecule has 0 fully saturated rings. The lowest BCUT2D eigenvalue weighted by atomic mass is 10.2. The molecule has 3 aromatic heterocycles. The van der Waals surface area contributed by atoms with Gasteiger partial charge in [0.05, 0.1) is 20.1 Å². The molecular weight excluding hydrogens is 370 g/mol. The van der Waals surface area contributed by atoms with Crippen LogP contribution in [0.15, 0.2) is 41.8 Å². The lowest BCUT2D eigenvalue weighted by Crippen LogP contribution is -1.91. The van der Waals surface area contributed by atoms with Crippen molar-refractivity contribution in [1.82, 2.24) is 4.98 Å². The Bertz CT molecular complexity index is 812. The Morgan fingerprint density at radius 2 is 1.95 bits per heavy atom. The number of aromatic nitrogens is 1. The second-order valence-corrected chi connectivity index (χ2v) is 8.83. The zero-order valence-corrected chi connectivity index (χ0v) is 14.4. The minimum Gasteiger partial charge on any atom is -0.241 e. The van der Waals surface area contributed by atoms with Crippen molar-refractivity contribution in [2.75, 3.05) is 0 Å². The Hall–Kier alpha value is -0.750. The number of thiazole rings is 1. The maximum absolute atomic E-state index is 4.72. The van der Waals surface area contributed by atoms with Crippen LogP contribution in [0.1, 0.15) is 14.7 Å². The molecule has 0 aliphatic rings. The van der Waals surface area contributed by atoms with E-state index < -0.39 is 0 Å². The fourth-order valence-electron chi connectivity index (χ4n) is 2.20. The smallest absolute Gasteiger partial charge is 0.0953 e. The summed E-state index contributed by atoms with van der Waals surface area (Å²) in [6.07, 6.45) is 0.952. The van der Waals surface area contributed by atoms with Crippen LogP contribution in [0.2, 0.25) is 0 Å². The molecule has 0 saturated carbocycles. The molecule has 0 saturated heterocycles. The van der Waals surface area contributed by atoms with Crippen LogP contribution in [0.3, 0.4) is 0 Å². The minimum atomic E-state index is 0.354. The molecule has 20 heavy (non-hydrogen) atoms. The maximum Gasteiger partial charge on any atom is 0.0953 e. The molecule has 100 valence electrons. The topological polar surface area (TPSA) is 12.9 Å². The average molecular weight is 380 g/mol. The first-order valence-electron chi connectivity index (χ1n) is 6.25. The molecule has 0 spiro atoms. The highest BCUT2D eigenvalue weighted by Gasteiger charge is 2.15. The Labute approximate surface area is 137 Å². The van der Waals surface area contributed by atoms with Crippen molar-refractivity contribution < 1.29 is 0 Å². The van der Waals surface area contributed by atoms with Crippen molar-refractivity contribution in [3.05, 3.63) is 51.7 Å². The highest BCUT2D eigenvalue weighted by Crippen LogP contribution is 2.39. The highest BCUT2D eigenvalue weighted by atomic mass is 79.9. The van der Waals surface area contributed by atoms with Crippen LogP contribution in [-0.4, -0.2) is 4.98 Å². The molecular formula is C15H10BrNS3. The van der Waals surface area contributed by atoms with Crippen LogP contribution in [-0.2, 0) is 6.42 Å². The summed E-state index contributed by atoms with van der Waals surface area (Å²) in [5.74, 6) is 0. The third-order valence-corrected chi connectivity index (χ3v) is 7.54. The van der Waals surface area contributed by atoms with E-state index in [1.807, 2.05) is 28.7 Å². The van der Waals surface area contributed by atoms with E-state index in [0.717, 1.165) is 11.9 Å². The molecule has 4 rings (SSSR count). The normalized spacial score (nSPS) is 13.2. The number of hydrogen-bond acceptors (Lipinski definition) is 4. The molecule has 3 heterocycles. The third kappa shape index (κ3) is 2.33. The fraction of sp³-hybridized carbons (Fsp3) is 0.133. The van der Waals surface area contributed by atoms with E-state index >= 15 is 0 Å². The molecule has 0 bridgehead atoms. The maximum atomic E-state index is 4.72. The van der Waals surface area contributed by atoms with Gasteiger partial charge in [0.2, 0.25) is 0 Å². The number of nitrogens with zero attached hydrogens (tertiary/aromatic N) is 1. The summed E-state index contributed by atoms with van der Waals surface area (Å²) in [6.45, 7) is 0. The predicted molar refractivity (Wildman–Crippen MR) is 94.7 cm³/mol. The lowest BCUT2D eigenvalue weighted by Gasteiger charge is -2.03. The molecule has 1 nitrogen and oxygen atoms in total. The van der Waals surface area contributed by atoms with E-state index in [9.17, 15) is 0 Å². The van der Waals surface area contributed by atoms with Crippen LogP contribution < -0.4 is 0 Å². The van der Waals surface area contributed by atoms with Gasteiger partial charge in [-0.05, 0) is 29.6 Å². The van der Waals surface area contributed by atoms with Crippen molar-refractivity contribution in [3.63, 3.8) is 0 Å². The van der Waals surface area contributed by atoms with E-state index in [4.69, 9.17) is 4.98 Å². The lowest BCUT2D eigenvalue weighted by molar-refractivity contribution is 0.958. The van der Waals surface area contributed by atoms with E-state index in [1.54, 1.807) is 11.3 Å². The molecule has 0 aliphatic carbocycles. The molecule has 0 aliphatic heterocycles. The van der Waals surface area contributed by atoms with Crippen LogP contribution in [0.25, 0.3) is 19.6 Å². The number of fused-ring (bicyclic) bond motifs is 2. The van der Waals surface area contributed by atoms with Gasteiger partial charge in [-0.2, -0.15) is 0 Å². The van der Waals surface area contributed by atoms with Gasteiger partial charge in [-0.15, -0.1) is 34.0 Å². The summed E-state index contributed by atoms with van der Waals surface area (Å²) < 4.78 is 4.05. The summed E-state index contributed by atoms with van der Waals surface area (Å²) in [5, 5.41) is 3.35. The number of para-hydroxylation sites is 1. The molecule has 1 unspecified atom stereocenters. The first-order valence-corrected chi connectivity index (χ1v) is 9.68. The quantitative estimate of drug-likeness (QED) is 0.383. The van der Waals surface area contributed by atoms with E-state index in [2.05, 4.69) is 51.6 Å². The Kier molecular flexibility index (Phi) is 3.38. The summed E-state index contributed by atoms with van der Waals surface area (Å²) in [4.78, 5) is 6.46. The molecule has 1 atom stereocenters. The molecule has 0 N–H and O–H groups in total. The monoisotopic (exact) mass is 379 g/mol. The van der Waals surface area contributed by atoms with Gasteiger partial charge in [0.15, 0.2) is 0 Å². The zero-order chi connectivity index (χ0) is 13.5. The van der Waals surface area contributed by atoms with Gasteiger partial charge in [-0.1, -0.05) is 28.1 Å². The summed E-state index contributed by atoms with van der Waals surface area (Å²) >= 11 is 9.31. The van der Waals surface area contributed by atoms with Crippen molar-refractivity contribution in [3.8, 4) is 0 Å². The summed E-state index contributed by atoms with van der Waals surface area (Å²) in [5.41, 5.74) is 1.11. The van der Waals surface area contributed by atoms with Crippen molar-refractivity contribution in [2.24, 2.45) is 0 Å². The number of halogens is 1. The summed E-state index contributed by atoms with van der Waals surface area (Å²) in [7, 11) is 0. The van der Waals surface area contributed by atoms with Gasteiger partial charge in [-0.3, -0.25) is 0 Å². The number of benzene rings is 1. The van der Waals surface area contributed by atoms with E-state index in [-0.39, 0.29) is 0 Å². The molecule has 1 aromatic carbocycles. The summed E-state index contributed by atoms with van der Waals surface area (Å²) in [6, 6.07) is 12.8. The molecule has 4 aromatic rings. The molecule has 0 amide bonds. The van der Waals surface area contributed by atoms with E-state index in [0.29, 0.717) is 4.83 Å². The minimum absolute atomic E-state index is 0.354. The largest absolute Gasteiger partial charge is 0.241 e. The van der Waals surface area contributed by atoms with Gasteiger partial charge in [-0.25, -0.2) is 4.98 Å². The number of rotatable bonds is 3. The van der Waals surface area contributed by atoms with Crippen molar-refractivity contribution >= 4 is 69.6 Å². The average Bonchev–Trinajstić information content (AvgIpc) is 3.11. The Balaban J connectivity index is 1.62. The van der Waals surface area contributed by atoms with Gasteiger partial charge in [0.25, 0.3) is 0 Å². The highest BCUT2D eigenvalue weighted by molar-refractivity contribution is 9.09. The van der Waals surface area contributed by atoms with Crippen LogP contribution >= 0.6 is 49.9 Å². The van der Waals surface area contributed by atoms with Gasteiger partial charge < -0.3 is 0 Å². The predicted octanol–water partition coefficient (Wildman–Crippen LogP) is 6.25. The van der Waals surface area contributed by atoms with Gasteiger partial charge in [0.1, 0.15) is 0 Å². The Morgan fingerprint density at radius 1 is 1.05 bits per heavy atom. The second kappa shape index (κ2) is 5.22. The fourth-order valence-corrected chi connectivity index (χ4v) is 6.24. The first-order chi connectivity index (χ1) is 9.79. The molecule has 5 heteroatoms. The van der Waals surface area contributed by atoms with Crippen LogP contribution in [0, 0.1) is 0 Å². The number of alkyl halides is 1. The first kappa shape index (κ1) is 13.0. The van der Waals surface area contributed by atoms with E-state index in [1.165, 1.54) is 24.0 Å². The van der Waals surface area contributed by atoms with Gasteiger partial charge in [0, 0.05) is 20.7 Å².